The van der Waals surface area contributed by atoms with Crippen LogP contribution in [0.25, 0.3) is 5.57 Å². The second-order valence-corrected chi connectivity index (χ2v) is 12.8. The number of anilines is 2. The molecule has 1 aliphatic carbocycles. The van der Waals surface area contributed by atoms with Gasteiger partial charge in [0.05, 0.1) is 53.2 Å². The zero-order chi connectivity index (χ0) is 29.3. The number of carbonyl (C=O) groups is 2. The molecule has 7 nitrogen and oxygen atoms in total. The lowest BCUT2D eigenvalue weighted by Gasteiger charge is -2.23. The Balaban J connectivity index is 1.71. The third-order valence-electron chi connectivity index (χ3n) is 7.17. The molecule has 9 heteroatoms. The Morgan fingerprint density at radius 2 is 1.83 bits per heavy atom. The van der Waals surface area contributed by atoms with Crippen molar-refractivity contribution in [1.29, 1.82) is 0 Å². The van der Waals surface area contributed by atoms with Crippen LogP contribution in [0.3, 0.4) is 0 Å². The van der Waals surface area contributed by atoms with Gasteiger partial charge in [0.1, 0.15) is 16.4 Å². The minimum atomic E-state index is -0.227. The largest absolute Gasteiger partial charge is 0.467 e. The van der Waals surface area contributed by atoms with Crippen LogP contribution in [0.4, 0.5) is 11.4 Å². The summed E-state index contributed by atoms with van der Waals surface area (Å²) in [6, 6.07) is 13.3. The number of thiophene rings is 1. The summed E-state index contributed by atoms with van der Waals surface area (Å²) in [4.78, 5) is 29.4. The molecule has 41 heavy (non-hydrogen) atoms. The van der Waals surface area contributed by atoms with E-state index in [2.05, 4.69) is 46.5 Å². The van der Waals surface area contributed by atoms with Gasteiger partial charge in [0.2, 0.25) is 0 Å². The number of halogens is 1. The van der Waals surface area contributed by atoms with Gasteiger partial charge in [-0.3, -0.25) is 9.59 Å². The zero-order valence-corrected chi connectivity index (χ0v) is 26.6. The van der Waals surface area contributed by atoms with Crippen molar-refractivity contribution in [1.82, 2.24) is 5.32 Å². The fourth-order valence-corrected chi connectivity index (χ4v) is 7.08. The summed E-state index contributed by atoms with van der Waals surface area (Å²) in [7, 11) is 1.91. The number of fused-ring (bicyclic) bond motifs is 1. The summed E-state index contributed by atoms with van der Waals surface area (Å²) in [6.07, 6.45) is 6.03. The Morgan fingerprint density at radius 3 is 2.49 bits per heavy atom. The summed E-state index contributed by atoms with van der Waals surface area (Å²) in [5.41, 5.74) is 6.50. The molecule has 3 aromatic heterocycles. The molecular formula is C32H32IN3O4S. The SMILES string of the molecule is CC1=CCC(C)c2sc(C(=O)NCc3ccco3)c(N(C)I)c2C(c2ccco2)=C1C(=O)Nc1ccc(C)cc1C. The second kappa shape index (κ2) is 12.1. The van der Waals surface area contributed by atoms with E-state index >= 15 is 0 Å². The molecule has 2 amide bonds. The minimum absolute atomic E-state index is 0.112. The first-order valence-electron chi connectivity index (χ1n) is 13.4. The van der Waals surface area contributed by atoms with Crippen LogP contribution in [0.5, 0.6) is 0 Å². The highest BCUT2D eigenvalue weighted by Crippen LogP contribution is 2.50. The van der Waals surface area contributed by atoms with Crippen LogP contribution in [0.1, 0.15) is 68.9 Å². The molecule has 0 bridgehead atoms. The fraction of sp³-hybridized carbons (Fsp3) is 0.250. The standard InChI is InChI=1S/C32H32IN3O4S/c1-18-10-13-23(21(4)16-18)35-31(37)25-19(2)11-12-20(3)29-27(26(25)24-9-7-15-40-24)28(36(5)33)30(41-29)32(38)34-17-22-8-6-14-39-22/h6-11,13-16,20H,12,17H2,1-5H3,(H,34,38)(H,35,37). The first-order chi connectivity index (χ1) is 19.7. The lowest BCUT2D eigenvalue weighted by molar-refractivity contribution is -0.112. The number of allylic oxidation sites excluding steroid dienone is 1. The van der Waals surface area contributed by atoms with Gasteiger partial charge < -0.3 is 22.6 Å². The molecule has 1 aliphatic rings. The molecule has 0 fully saturated rings. The van der Waals surface area contributed by atoms with Crippen LogP contribution < -0.4 is 13.7 Å². The Labute approximate surface area is 257 Å². The van der Waals surface area contributed by atoms with Crippen LogP contribution in [-0.2, 0) is 11.3 Å². The fourth-order valence-electron chi connectivity index (χ4n) is 5.12. The van der Waals surface area contributed by atoms with Gasteiger partial charge in [-0.2, -0.15) is 0 Å². The van der Waals surface area contributed by atoms with E-state index in [4.69, 9.17) is 8.83 Å². The quantitative estimate of drug-likeness (QED) is 0.152. The molecule has 0 radical (unpaired) electrons. The second-order valence-electron chi connectivity index (χ2n) is 10.3. The highest BCUT2D eigenvalue weighted by Gasteiger charge is 2.35. The number of aryl methyl sites for hydroxylation is 2. The third kappa shape index (κ3) is 5.92. The predicted molar refractivity (Wildman–Crippen MR) is 173 cm³/mol. The molecule has 0 spiro atoms. The van der Waals surface area contributed by atoms with Crippen molar-refractivity contribution in [3.05, 3.63) is 110 Å². The first kappa shape index (κ1) is 28.9. The lowest BCUT2D eigenvalue weighted by Crippen LogP contribution is -2.23. The molecule has 0 saturated heterocycles. The van der Waals surface area contributed by atoms with Crippen LogP contribution in [0.15, 0.2) is 81.0 Å². The smallest absolute Gasteiger partial charge is 0.263 e. The van der Waals surface area contributed by atoms with Crippen molar-refractivity contribution in [2.45, 2.75) is 46.6 Å². The maximum Gasteiger partial charge on any atom is 0.263 e. The van der Waals surface area contributed by atoms with E-state index < -0.39 is 0 Å². The summed E-state index contributed by atoms with van der Waals surface area (Å²) >= 11 is 3.66. The number of amides is 2. The van der Waals surface area contributed by atoms with Crippen LogP contribution in [0, 0.1) is 13.8 Å². The molecule has 1 unspecified atom stereocenters. The van der Waals surface area contributed by atoms with E-state index in [1.54, 1.807) is 18.6 Å². The maximum absolute atomic E-state index is 14.2. The Bertz CT molecular complexity index is 1650. The highest BCUT2D eigenvalue weighted by molar-refractivity contribution is 14.1. The lowest BCUT2D eigenvalue weighted by atomic mass is 9.85. The van der Waals surface area contributed by atoms with E-state index in [0.29, 0.717) is 27.5 Å². The average Bonchev–Trinajstić information content (AvgIpc) is 3.71. The molecule has 2 N–H and O–H groups in total. The predicted octanol–water partition coefficient (Wildman–Crippen LogP) is 8.16. The normalized spacial score (nSPS) is 15.1. The van der Waals surface area contributed by atoms with Crippen molar-refractivity contribution in [3.63, 3.8) is 0 Å². The topological polar surface area (TPSA) is 87.7 Å². The van der Waals surface area contributed by atoms with Crippen LogP contribution in [0.2, 0.25) is 0 Å². The van der Waals surface area contributed by atoms with Gasteiger partial charge in [0.25, 0.3) is 11.8 Å². The van der Waals surface area contributed by atoms with E-state index in [9.17, 15) is 9.59 Å². The number of hydrogen-bond donors (Lipinski definition) is 2. The van der Waals surface area contributed by atoms with E-state index in [1.165, 1.54) is 11.3 Å². The van der Waals surface area contributed by atoms with Crippen molar-refractivity contribution in [3.8, 4) is 0 Å². The molecule has 5 rings (SSSR count). The van der Waals surface area contributed by atoms with Crippen molar-refractivity contribution in [2.75, 3.05) is 15.5 Å². The van der Waals surface area contributed by atoms with Gasteiger partial charge in [0, 0.05) is 28.7 Å². The molecule has 1 atom stereocenters. The van der Waals surface area contributed by atoms with Gasteiger partial charge >= 0.3 is 0 Å². The number of rotatable bonds is 7. The summed E-state index contributed by atoms with van der Waals surface area (Å²) < 4.78 is 13.3. The Morgan fingerprint density at radius 1 is 1.07 bits per heavy atom. The molecule has 0 saturated carbocycles. The molecule has 1 aromatic carbocycles. The molecular weight excluding hydrogens is 649 g/mol. The van der Waals surface area contributed by atoms with Gasteiger partial charge in [-0.25, -0.2) is 0 Å². The summed E-state index contributed by atoms with van der Waals surface area (Å²) in [5.74, 6) is 0.926. The summed E-state index contributed by atoms with van der Waals surface area (Å²) in [6.45, 7) is 8.41. The molecule has 4 aromatic rings. The third-order valence-corrected chi connectivity index (χ3v) is 9.06. The van der Waals surface area contributed by atoms with Crippen LogP contribution in [-0.4, -0.2) is 18.9 Å². The van der Waals surface area contributed by atoms with E-state index in [-0.39, 0.29) is 24.3 Å². The summed E-state index contributed by atoms with van der Waals surface area (Å²) in [5, 5.41) is 6.16. The van der Waals surface area contributed by atoms with Crippen molar-refractivity contribution in [2.24, 2.45) is 0 Å². The molecule has 0 aliphatic heterocycles. The maximum atomic E-state index is 14.2. The van der Waals surface area contributed by atoms with E-state index in [1.807, 2.05) is 67.3 Å². The average molecular weight is 682 g/mol. The number of benzene rings is 1. The van der Waals surface area contributed by atoms with Gasteiger partial charge in [0.15, 0.2) is 0 Å². The Hall–Kier alpha value is -3.57. The number of carbonyl (C=O) groups excluding carboxylic acids is 2. The zero-order valence-electron chi connectivity index (χ0n) is 23.6. The van der Waals surface area contributed by atoms with Crippen molar-refractivity contribution >= 4 is 63.0 Å². The minimum Gasteiger partial charge on any atom is -0.467 e. The number of nitrogens with one attached hydrogen (secondary N) is 2. The number of furan rings is 2. The monoisotopic (exact) mass is 681 g/mol. The van der Waals surface area contributed by atoms with Gasteiger partial charge in [-0.1, -0.05) is 30.7 Å². The molecule has 212 valence electrons. The molecule has 3 heterocycles. The van der Waals surface area contributed by atoms with Gasteiger partial charge in [-0.15, -0.1) is 11.3 Å². The van der Waals surface area contributed by atoms with Crippen molar-refractivity contribution < 1.29 is 18.4 Å². The number of nitrogens with zero attached hydrogens (tertiary/aromatic N) is 1. The van der Waals surface area contributed by atoms with E-state index in [0.717, 1.165) is 44.9 Å². The number of hydrogen-bond acceptors (Lipinski definition) is 6. The first-order valence-corrected chi connectivity index (χ1v) is 15.1. The highest BCUT2D eigenvalue weighted by atomic mass is 127. The van der Waals surface area contributed by atoms with Crippen LogP contribution >= 0.6 is 34.2 Å². The Kier molecular flexibility index (Phi) is 8.55. The van der Waals surface area contributed by atoms with Gasteiger partial charge in [-0.05, 0) is 74.6 Å².